The molecular formula is C14H16N2O4S. The fraction of sp³-hybridized carbons (Fsp3) is 0.286. The third-order valence-electron chi connectivity index (χ3n) is 2.81. The second-order valence-corrected chi connectivity index (χ2v) is 5.00. The molecule has 0 saturated heterocycles. The number of hydrogen-bond acceptors (Lipinski definition) is 6. The molecule has 0 bridgehead atoms. The Bertz CT molecular complexity index is 588. The number of nitrogens with one attached hydrogen (secondary N) is 1. The zero-order valence-electron chi connectivity index (χ0n) is 12.0. The van der Waals surface area contributed by atoms with Crippen molar-refractivity contribution >= 4 is 17.2 Å². The lowest BCUT2D eigenvalue weighted by molar-refractivity contribution is 0.0950. The third-order valence-corrected chi connectivity index (χ3v) is 3.59. The van der Waals surface area contributed by atoms with Gasteiger partial charge in [-0.25, -0.2) is 4.98 Å². The number of hydrogen-bond donors (Lipinski definition) is 1. The van der Waals surface area contributed by atoms with E-state index in [1.165, 1.54) is 32.7 Å². The Morgan fingerprint density at radius 3 is 2.33 bits per heavy atom. The summed E-state index contributed by atoms with van der Waals surface area (Å²) in [5.74, 6) is 1.11. The molecule has 0 fully saturated rings. The van der Waals surface area contributed by atoms with Crippen LogP contribution < -0.4 is 19.5 Å². The molecule has 0 aliphatic heterocycles. The molecule has 21 heavy (non-hydrogen) atoms. The van der Waals surface area contributed by atoms with Gasteiger partial charge in [-0.2, -0.15) is 0 Å². The van der Waals surface area contributed by atoms with Crippen molar-refractivity contribution in [2.75, 3.05) is 21.3 Å². The monoisotopic (exact) mass is 308 g/mol. The van der Waals surface area contributed by atoms with Gasteiger partial charge < -0.3 is 19.5 Å². The van der Waals surface area contributed by atoms with Crippen LogP contribution >= 0.6 is 11.3 Å². The van der Waals surface area contributed by atoms with E-state index in [1.54, 1.807) is 18.3 Å². The molecular weight excluding hydrogens is 292 g/mol. The summed E-state index contributed by atoms with van der Waals surface area (Å²) >= 11 is 1.49. The van der Waals surface area contributed by atoms with Gasteiger partial charge >= 0.3 is 0 Å². The van der Waals surface area contributed by atoms with Crippen LogP contribution in [0.15, 0.2) is 23.7 Å². The van der Waals surface area contributed by atoms with Gasteiger partial charge in [0.05, 0.1) is 27.9 Å². The van der Waals surface area contributed by atoms with E-state index < -0.39 is 0 Å². The molecule has 0 radical (unpaired) electrons. The van der Waals surface area contributed by atoms with E-state index in [4.69, 9.17) is 14.2 Å². The first kappa shape index (κ1) is 15.1. The van der Waals surface area contributed by atoms with E-state index in [1.807, 2.05) is 5.38 Å². The Balaban J connectivity index is 2.20. The number of benzene rings is 1. The van der Waals surface area contributed by atoms with Gasteiger partial charge in [0, 0.05) is 17.1 Å². The van der Waals surface area contributed by atoms with E-state index in [2.05, 4.69) is 10.3 Å². The summed E-state index contributed by atoms with van der Waals surface area (Å²) in [5, 5.41) is 5.50. The van der Waals surface area contributed by atoms with Crippen LogP contribution in [-0.4, -0.2) is 32.2 Å². The Morgan fingerprint density at radius 2 is 1.86 bits per heavy atom. The highest BCUT2D eigenvalue weighted by Gasteiger charge is 2.16. The molecule has 6 nitrogen and oxygen atoms in total. The molecule has 2 aromatic rings. The number of thiazole rings is 1. The van der Waals surface area contributed by atoms with Gasteiger partial charge in [-0.05, 0) is 12.1 Å². The second kappa shape index (κ2) is 6.94. The van der Waals surface area contributed by atoms with Gasteiger partial charge in [-0.1, -0.05) is 0 Å². The summed E-state index contributed by atoms with van der Waals surface area (Å²) in [7, 11) is 4.53. The van der Waals surface area contributed by atoms with Crippen LogP contribution in [0.1, 0.15) is 15.4 Å². The molecule has 0 unspecified atom stereocenters. The quantitative estimate of drug-likeness (QED) is 0.885. The average molecular weight is 308 g/mol. The fourth-order valence-electron chi connectivity index (χ4n) is 1.81. The molecule has 1 heterocycles. The lowest BCUT2D eigenvalue weighted by Gasteiger charge is -2.13. The number of rotatable bonds is 6. The van der Waals surface area contributed by atoms with Gasteiger partial charge in [0.25, 0.3) is 5.91 Å². The molecule has 0 aliphatic rings. The smallest absolute Gasteiger partial charge is 0.251 e. The van der Waals surface area contributed by atoms with Crippen LogP contribution in [0.5, 0.6) is 17.2 Å². The number of aromatic nitrogens is 1. The molecule has 1 aromatic carbocycles. The van der Waals surface area contributed by atoms with Crippen LogP contribution in [0.25, 0.3) is 0 Å². The zero-order valence-corrected chi connectivity index (χ0v) is 12.8. The zero-order chi connectivity index (χ0) is 15.2. The predicted octanol–water partition coefficient (Wildman–Crippen LogP) is 2.10. The largest absolute Gasteiger partial charge is 0.493 e. The number of carbonyl (C=O) groups is 1. The highest BCUT2D eigenvalue weighted by atomic mass is 32.1. The van der Waals surface area contributed by atoms with Gasteiger partial charge in [0.15, 0.2) is 11.5 Å². The van der Waals surface area contributed by atoms with Crippen molar-refractivity contribution in [1.29, 1.82) is 0 Å². The van der Waals surface area contributed by atoms with E-state index in [0.717, 1.165) is 5.01 Å². The minimum atomic E-state index is -0.232. The van der Waals surface area contributed by atoms with E-state index in [9.17, 15) is 4.79 Å². The standard InChI is InChI=1S/C14H16N2O4S/c1-18-10-6-9(7-11(19-2)13(10)20-3)14(17)16-8-12-15-4-5-21-12/h4-7H,8H2,1-3H3,(H,16,17). The molecule has 112 valence electrons. The van der Waals surface area contributed by atoms with Gasteiger partial charge in [-0.15, -0.1) is 11.3 Å². The molecule has 0 saturated carbocycles. The van der Waals surface area contributed by atoms with Gasteiger partial charge in [-0.3, -0.25) is 4.79 Å². The predicted molar refractivity (Wildman–Crippen MR) is 79.4 cm³/mol. The first-order valence-electron chi connectivity index (χ1n) is 6.16. The van der Waals surface area contributed by atoms with Crippen LogP contribution in [0.2, 0.25) is 0 Å². The molecule has 1 N–H and O–H groups in total. The maximum absolute atomic E-state index is 12.2. The molecule has 7 heteroatoms. The van der Waals surface area contributed by atoms with E-state index >= 15 is 0 Å². The Labute approximate surface area is 126 Å². The minimum absolute atomic E-state index is 0.232. The number of nitrogens with zero attached hydrogens (tertiary/aromatic N) is 1. The molecule has 0 aliphatic carbocycles. The summed E-state index contributed by atoms with van der Waals surface area (Å²) < 4.78 is 15.7. The van der Waals surface area contributed by atoms with Crippen LogP contribution in [-0.2, 0) is 6.54 Å². The second-order valence-electron chi connectivity index (χ2n) is 4.02. The number of methoxy groups -OCH3 is 3. The number of ether oxygens (including phenoxy) is 3. The Kier molecular flexibility index (Phi) is 4.99. The van der Waals surface area contributed by atoms with Crippen molar-refractivity contribution in [2.24, 2.45) is 0 Å². The van der Waals surface area contributed by atoms with Crippen molar-refractivity contribution in [3.05, 3.63) is 34.3 Å². The van der Waals surface area contributed by atoms with Crippen molar-refractivity contribution < 1.29 is 19.0 Å². The first-order chi connectivity index (χ1) is 10.2. The summed E-state index contributed by atoms with van der Waals surface area (Å²) in [6.07, 6.45) is 1.70. The van der Waals surface area contributed by atoms with Crippen molar-refractivity contribution in [1.82, 2.24) is 10.3 Å². The Morgan fingerprint density at radius 1 is 1.19 bits per heavy atom. The maximum atomic E-state index is 12.2. The fourth-order valence-corrected chi connectivity index (χ4v) is 2.37. The van der Waals surface area contributed by atoms with E-state index in [0.29, 0.717) is 29.4 Å². The molecule has 1 aromatic heterocycles. The third kappa shape index (κ3) is 3.43. The van der Waals surface area contributed by atoms with Crippen molar-refractivity contribution in [3.8, 4) is 17.2 Å². The first-order valence-corrected chi connectivity index (χ1v) is 7.04. The molecule has 2 rings (SSSR count). The van der Waals surface area contributed by atoms with Crippen LogP contribution in [0.4, 0.5) is 0 Å². The molecule has 0 atom stereocenters. The number of carbonyl (C=O) groups excluding carboxylic acids is 1. The van der Waals surface area contributed by atoms with Crippen LogP contribution in [0, 0.1) is 0 Å². The van der Waals surface area contributed by atoms with Crippen LogP contribution in [0.3, 0.4) is 0 Å². The van der Waals surface area contributed by atoms with Crippen molar-refractivity contribution in [2.45, 2.75) is 6.54 Å². The number of amides is 1. The average Bonchev–Trinajstić information content (AvgIpc) is 3.04. The maximum Gasteiger partial charge on any atom is 0.251 e. The van der Waals surface area contributed by atoms with Gasteiger partial charge in [0.1, 0.15) is 5.01 Å². The minimum Gasteiger partial charge on any atom is -0.493 e. The van der Waals surface area contributed by atoms with E-state index in [-0.39, 0.29) is 5.91 Å². The summed E-state index contributed by atoms with van der Waals surface area (Å²) in [6.45, 7) is 0.382. The summed E-state index contributed by atoms with van der Waals surface area (Å²) in [4.78, 5) is 16.3. The topological polar surface area (TPSA) is 69.7 Å². The van der Waals surface area contributed by atoms with Crippen molar-refractivity contribution in [3.63, 3.8) is 0 Å². The highest BCUT2D eigenvalue weighted by molar-refractivity contribution is 7.09. The highest BCUT2D eigenvalue weighted by Crippen LogP contribution is 2.38. The summed E-state index contributed by atoms with van der Waals surface area (Å²) in [6, 6.07) is 3.22. The summed E-state index contributed by atoms with van der Waals surface area (Å²) in [5.41, 5.74) is 0.432. The Hall–Kier alpha value is -2.28. The lowest BCUT2D eigenvalue weighted by Crippen LogP contribution is -2.22. The van der Waals surface area contributed by atoms with Gasteiger partial charge in [0.2, 0.25) is 5.75 Å². The SMILES string of the molecule is COc1cc(C(=O)NCc2nccs2)cc(OC)c1OC. The normalized spacial score (nSPS) is 10.0. The molecule has 1 amide bonds. The molecule has 0 spiro atoms. The lowest BCUT2D eigenvalue weighted by atomic mass is 10.1.